The smallest absolute Gasteiger partial charge is 0.269 e. The van der Waals surface area contributed by atoms with Gasteiger partial charge in [0.15, 0.2) is 0 Å². The molecule has 0 amide bonds. The van der Waals surface area contributed by atoms with Crippen molar-refractivity contribution in [1.82, 2.24) is 9.62 Å². The van der Waals surface area contributed by atoms with Gasteiger partial charge in [-0.1, -0.05) is 12.6 Å². The summed E-state index contributed by atoms with van der Waals surface area (Å²) in [4.78, 5) is 10.5. The van der Waals surface area contributed by atoms with Crippen LogP contribution in [0.4, 0.5) is 5.69 Å². The van der Waals surface area contributed by atoms with Crippen LogP contribution in [0.25, 0.3) is 0 Å². The number of rotatable bonds is 1. The summed E-state index contributed by atoms with van der Waals surface area (Å²) in [5.41, 5.74) is 0.790. The molecule has 1 fully saturated rings. The van der Waals surface area contributed by atoms with E-state index in [0.717, 1.165) is 9.87 Å². The molecule has 1 spiro atoms. The summed E-state index contributed by atoms with van der Waals surface area (Å²) in [7, 11) is -2.03. The highest BCUT2D eigenvalue weighted by atomic mass is 32.2. The molecule has 1 aliphatic carbocycles. The Hall–Kier alpha value is -2.09. The molecule has 112 valence electrons. The number of hydrogen-bond acceptors (Lipinski definition) is 5. The zero-order valence-electron chi connectivity index (χ0n) is 11.5. The summed E-state index contributed by atoms with van der Waals surface area (Å²) in [5, 5.41) is 14.1. The summed E-state index contributed by atoms with van der Waals surface area (Å²) >= 11 is 0. The summed E-state index contributed by atoms with van der Waals surface area (Å²) < 4.78 is 25.7. The minimum absolute atomic E-state index is 0.0289. The van der Waals surface area contributed by atoms with Crippen LogP contribution in [-0.2, 0) is 22.0 Å². The summed E-state index contributed by atoms with van der Waals surface area (Å²) in [6.45, 7) is 3.74. The van der Waals surface area contributed by atoms with Gasteiger partial charge in [-0.25, -0.2) is 8.42 Å². The van der Waals surface area contributed by atoms with E-state index in [1.807, 2.05) is 0 Å². The first kappa shape index (κ1) is 13.9. The molecule has 0 bridgehead atoms. The molecule has 0 radical (unpaired) electrons. The van der Waals surface area contributed by atoms with E-state index in [4.69, 9.17) is 0 Å². The summed E-state index contributed by atoms with van der Waals surface area (Å²) in [6.07, 6.45) is 1.27. The number of aryl methyl sites for hydroxylation is 1. The predicted molar refractivity (Wildman–Crippen MR) is 76.9 cm³/mol. The van der Waals surface area contributed by atoms with Gasteiger partial charge in [-0.15, -0.1) is 0 Å². The van der Waals surface area contributed by atoms with E-state index in [1.54, 1.807) is 6.07 Å². The van der Waals surface area contributed by atoms with Gasteiger partial charge in [0.05, 0.1) is 16.2 Å². The van der Waals surface area contributed by atoms with Crippen molar-refractivity contribution in [2.24, 2.45) is 0 Å². The van der Waals surface area contributed by atoms with E-state index >= 15 is 0 Å². The Bertz CT molecular complexity index is 759. The predicted octanol–water partition coefficient (Wildman–Crippen LogP) is 1.07. The molecule has 1 N–H and O–H groups in total. The molecule has 1 aliphatic heterocycles. The first-order valence-corrected chi connectivity index (χ1v) is 8.08. The Kier molecular flexibility index (Phi) is 2.78. The SMILES string of the molecule is C=C1N[C@@]2(CCc3ccc([N+](=O)[O-])cc32)CS(=O)(=O)N1C. The third-order valence-electron chi connectivity index (χ3n) is 4.25. The van der Waals surface area contributed by atoms with Gasteiger partial charge in [0.25, 0.3) is 5.69 Å². The molecule has 0 unspecified atom stereocenters. The lowest BCUT2D eigenvalue weighted by Crippen LogP contribution is -2.56. The number of nitro groups is 1. The monoisotopic (exact) mass is 309 g/mol. The molecule has 1 heterocycles. The molecule has 2 aliphatic rings. The van der Waals surface area contributed by atoms with Crippen LogP contribution >= 0.6 is 0 Å². The molecule has 1 saturated heterocycles. The second kappa shape index (κ2) is 4.20. The quantitative estimate of drug-likeness (QED) is 0.619. The largest absolute Gasteiger partial charge is 0.361 e. The lowest BCUT2D eigenvalue weighted by atomic mass is 9.93. The Morgan fingerprint density at radius 3 is 2.81 bits per heavy atom. The third-order valence-corrected chi connectivity index (χ3v) is 6.16. The van der Waals surface area contributed by atoms with Crippen LogP contribution in [0.3, 0.4) is 0 Å². The van der Waals surface area contributed by atoms with E-state index in [0.29, 0.717) is 24.2 Å². The molecule has 7 nitrogen and oxygen atoms in total. The normalized spacial score (nSPS) is 26.5. The van der Waals surface area contributed by atoms with Crippen molar-refractivity contribution in [3.05, 3.63) is 51.8 Å². The average Bonchev–Trinajstić information content (AvgIpc) is 2.74. The summed E-state index contributed by atoms with van der Waals surface area (Å²) in [5.74, 6) is 0.171. The highest BCUT2D eigenvalue weighted by Crippen LogP contribution is 2.42. The molecule has 8 heteroatoms. The Morgan fingerprint density at radius 1 is 1.48 bits per heavy atom. The van der Waals surface area contributed by atoms with Crippen LogP contribution in [-0.4, -0.2) is 30.4 Å². The first-order chi connectivity index (χ1) is 9.75. The molecular formula is C13H15N3O4S. The highest BCUT2D eigenvalue weighted by molar-refractivity contribution is 7.89. The molecule has 21 heavy (non-hydrogen) atoms. The lowest BCUT2D eigenvalue weighted by molar-refractivity contribution is -0.385. The van der Waals surface area contributed by atoms with E-state index in [9.17, 15) is 18.5 Å². The van der Waals surface area contributed by atoms with Gasteiger partial charge in [0.2, 0.25) is 10.0 Å². The summed E-state index contributed by atoms with van der Waals surface area (Å²) in [6, 6.07) is 4.64. The number of nitrogens with zero attached hydrogens (tertiary/aromatic N) is 2. The molecule has 1 aromatic carbocycles. The zero-order chi connectivity index (χ0) is 15.4. The molecule has 1 aromatic rings. The Morgan fingerprint density at radius 2 is 2.19 bits per heavy atom. The van der Waals surface area contributed by atoms with Gasteiger partial charge in [-0.05, 0) is 24.0 Å². The van der Waals surface area contributed by atoms with E-state index in [1.165, 1.54) is 19.2 Å². The van der Waals surface area contributed by atoms with E-state index in [2.05, 4.69) is 11.9 Å². The van der Waals surface area contributed by atoms with Crippen molar-refractivity contribution >= 4 is 15.7 Å². The fourth-order valence-corrected chi connectivity index (χ4v) is 4.64. The molecule has 3 rings (SSSR count). The van der Waals surface area contributed by atoms with Gasteiger partial charge in [0, 0.05) is 19.2 Å². The van der Waals surface area contributed by atoms with Crippen molar-refractivity contribution < 1.29 is 13.3 Å². The standard InChI is InChI=1S/C13H15N3O4S/c1-9-14-13(8-21(19,20)15(9)2)6-5-10-3-4-11(16(17)18)7-12(10)13/h3-4,7,14H,1,5-6,8H2,2H3/t13-/m0/s1. The number of nitro benzene ring substituents is 1. The topological polar surface area (TPSA) is 92.5 Å². The number of benzene rings is 1. The van der Waals surface area contributed by atoms with Gasteiger partial charge in [-0.3, -0.25) is 14.4 Å². The van der Waals surface area contributed by atoms with E-state index in [-0.39, 0.29) is 11.4 Å². The van der Waals surface area contributed by atoms with Gasteiger partial charge < -0.3 is 5.32 Å². The van der Waals surface area contributed by atoms with Crippen LogP contribution in [0.2, 0.25) is 0 Å². The van der Waals surface area contributed by atoms with Crippen molar-refractivity contribution in [1.29, 1.82) is 0 Å². The van der Waals surface area contributed by atoms with Crippen molar-refractivity contribution in [2.75, 3.05) is 12.8 Å². The van der Waals surface area contributed by atoms with Crippen LogP contribution in [0.5, 0.6) is 0 Å². The fraction of sp³-hybridized carbons (Fsp3) is 0.385. The second-order valence-corrected chi connectivity index (χ2v) is 7.48. The number of fused-ring (bicyclic) bond motifs is 2. The maximum atomic E-state index is 12.3. The van der Waals surface area contributed by atoms with Crippen LogP contribution in [0.15, 0.2) is 30.6 Å². The number of sulfonamides is 1. The second-order valence-electron chi connectivity index (χ2n) is 5.48. The average molecular weight is 309 g/mol. The zero-order valence-corrected chi connectivity index (χ0v) is 12.3. The molecule has 1 atom stereocenters. The number of hydrogen-bond donors (Lipinski definition) is 1. The third kappa shape index (κ3) is 1.98. The van der Waals surface area contributed by atoms with Crippen LogP contribution in [0, 0.1) is 10.1 Å². The number of non-ortho nitro benzene ring substituents is 1. The highest BCUT2D eigenvalue weighted by Gasteiger charge is 2.48. The van der Waals surface area contributed by atoms with E-state index < -0.39 is 20.5 Å². The Balaban J connectivity index is 2.13. The van der Waals surface area contributed by atoms with Crippen molar-refractivity contribution in [3.63, 3.8) is 0 Å². The lowest BCUT2D eigenvalue weighted by Gasteiger charge is -2.41. The minimum atomic E-state index is -3.48. The van der Waals surface area contributed by atoms with Gasteiger partial charge in [-0.2, -0.15) is 0 Å². The van der Waals surface area contributed by atoms with Gasteiger partial charge in [0.1, 0.15) is 5.82 Å². The van der Waals surface area contributed by atoms with Gasteiger partial charge >= 0.3 is 0 Å². The molecular weight excluding hydrogens is 294 g/mol. The first-order valence-electron chi connectivity index (χ1n) is 6.47. The van der Waals surface area contributed by atoms with Crippen molar-refractivity contribution in [3.8, 4) is 0 Å². The fourth-order valence-electron chi connectivity index (χ4n) is 3.07. The van der Waals surface area contributed by atoms with Crippen molar-refractivity contribution in [2.45, 2.75) is 18.4 Å². The molecule has 0 aromatic heterocycles. The van der Waals surface area contributed by atoms with Crippen LogP contribution in [0.1, 0.15) is 17.5 Å². The number of nitrogens with one attached hydrogen (secondary N) is 1. The van der Waals surface area contributed by atoms with Crippen LogP contribution < -0.4 is 5.32 Å². The molecule has 0 saturated carbocycles. The maximum absolute atomic E-state index is 12.3. The Labute approximate surface area is 122 Å². The maximum Gasteiger partial charge on any atom is 0.269 e. The minimum Gasteiger partial charge on any atom is -0.361 e.